The minimum atomic E-state index is 0.445. The fourth-order valence-electron chi connectivity index (χ4n) is 1.85. The van der Waals surface area contributed by atoms with Gasteiger partial charge in [0.25, 0.3) is 0 Å². The molecule has 0 bridgehead atoms. The number of hydrogen-bond acceptors (Lipinski definition) is 2. The molecular formula is C12H17NO. The third-order valence-electron chi connectivity index (χ3n) is 2.75. The summed E-state index contributed by atoms with van der Waals surface area (Å²) < 4.78 is 13.3. The highest BCUT2D eigenvalue weighted by Gasteiger charge is 2.15. The summed E-state index contributed by atoms with van der Waals surface area (Å²) in [6.45, 7) is 2.12. The van der Waals surface area contributed by atoms with Crippen LogP contribution in [0, 0.1) is 0 Å². The number of ether oxygens (including phenoxy) is 1. The first-order chi connectivity index (χ1) is 7.31. The van der Waals surface area contributed by atoms with Crippen molar-refractivity contribution >= 4 is 0 Å². The summed E-state index contributed by atoms with van der Waals surface area (Å²) in [4.78, 5) is 0. The molecule has 0 aliphatic carbocycles. The first-order valence-electron chi connectivity index (χ1n) is 5.68. The lowest BCUT2D eigenvalue weighted by Gasteiger charge is -2.22. The normalized spacial score (nSPS) is 23.2. The second-order valence-electron chi connectivity index (χ2n) is 3.77. The van der Waals surface area contributed by atoms with Gasteiger partial charge in [-0.2, -0.15) is 0 Å². The van der Waals surface area contributed by atoms with Gasteiger partial charge in [0.05, 0.1) is 7.98 Å². The highest BCUT2D eigenvalue weighted by atomic mass is 16.5. The van der Waals surface area contributed by atoms with E-state index in [4.69, 9.17) is 11.8 Å². The van der Waals surface area contributed by atoms with E-state index in [1.807, 2.05) is 12.1 Å². The molecule has 1 unspecified atom stereocenters. The first-order valence-corrected chi connectivity index (χ1v) is 5.18. The molecule has 1 aromatic rings. The molecule has 1 heterocycles. The van der Waals surface area contributed by atoms with Crippen LogP contribution in [-0.4, -0.2) is 13.2 Å². The molecule has 0 radical (unpaired) electrons. The Balaban J connectivity index is 2.17. The smallest absolute Gasteiger partial charge is 0.0626 e. The van der Waals surface area contributed by atoms with Gasteiger partial charge in [-0.05, 0) is 24.0 Å². The van der Waals surface area contributed by atoms with Crippen LogP contribution in [0.4, 0.5) is 0 Å². The van der Waals surface area contributed by atoms with E-state index in [2.05, 4.69) is 6.07 Å². The van der Waals surface area contributed by atoms with Gasteiger partial charge in [0.1, 0.15) is 0 Å². The monoisotopic (exact) mass is 192 g/mol. The Hall–Kier alpha value is -0.860. The SMILES string of the molecule is [2H]c1cc(C2CCCOC2)ccc1CN. The highest BCUT2D eigenvalue weighted by Crippen LogP contribution is 2.25. The topological polar surface area (TPSA) is 35.2 Å². The average Bonchev–Trinajstić information content (AvgIpc) is 2.30. The van der Waals surface area contributed by atoms with Gasteiger partial charge in [0.15, 0.2) is 0 Å². The predicted molar refractivity (Wildman–Crippen MR) is 57.1 cm³/mol. The minimum Gasteiger partial charge on any atom is -0.381 e. The maximum Gasteiger partial charge on any atom is 0.0626 e. The van der Waals surface area contributed by atoms with E-state index in [0.717, 1.165) is 25.2 Å². The molecule has 0 aromatic heterocycles. The van der Waals surface area contributed by atoms with Crippen LogP contribution in [0.1, 0.15) is 31.3 Å². The standard InChI is InChI=1S/C12H17NO/c13-8-10-3-5-11(6-4-10)12-2-1-7-14-9-12/h3-6,12H,1-2,7-9,13H2/i3D. The molecule has 2 N–H and O–H groups in total. The maximum atomic E-state index is 7.81. The van der Waals surface area contributed by atoms with E-state index in [1.165, 1.54) is 12.0 Å². The van der Waals surface area contributed by atoms with Gasteiger partial charge in [-0.25, -0.2) is 0 Å². The van der Waals surface area contributed by atoms with E-state index >= 15 is 0 Å². The van der Waals surface area contributed by atoms with Crippen LogP contribution in [0.15, 0.2) is 24.2 Å². The van der Waals surface area contributed by atoms with E-state index < -0.39 is 0 Å². The summed E-state index contributed by atoms with van der Waals surface area (Å²) >= 11 is 0. The second-order valence-corrected chi connectivity index (χ2v) is 3.77. The van der Waals surface area contributed by atoms with Gasteiger partial charge in [-0.3, -0.25) is 0 Å². The van der Waals surface area contributed by atoms with Crippen molar-refractivity contribution in [1.82, 2.24) is 0 Å². The van der Waals surface area contributed by atoms with Crippen LogP contribution in [0.2, 0.25) is 0 Å². The van der Waals surface area contributed by atoms with Crippen molar-refractivity contribution in [2.75, 3.05) is 13.2 Å². The third kappa shape index (κ3) is 2.14. The third-order valence-corrected chi connectivity index (χ3v) is 2.75. The van der Waals surface area contributed by atoms with Gasteiger partial charge in [0.2, 0.25) is 0 Å². The molecular weight excluding hydrogens is 174 g/mol. The van der Waals surface area contributed by atoms with E-state index in [0.29, 0.717) is 18.5 Å². The number of rotatable bonds is 2. The number of hydrogen-bond donors (Lipinski definition) is 1. The van der Waals surface area contributed by atoms with Crippen LogP contribution in [0.3, 0.4) is 0 Å². The van der Waals surface area contributed by atoms with E-state index in [1.54, 1.807) is 0 Å². The van der Waals surface area contributed by atoms with Gasteiger partial charge >= 0.3 is 0 Å². The molecule has 0 spiro atoms. The fraction of sp³-hybridized carbons (Fsp3) is 0.500. The molecule has 1 aliphatic rings. The van der Waals surface area contributed by atoms with Crippen molar-refractivity contribution in [3.05, 3.63) is 35.4 Å². The Labute approximate surface area is 86.5 Å². The van der Waals surface area contributed by atoms with Crippen LogP contribution >= 0.6 is 0 Å². The van der Waals surface area contributed by atoms with Crippen LogP contribution in [-0.2, 0) is 11.3 Å². The molecule has 0 amide bonds. The Morgan fingerprint density at radius 1 is 1.50 bits per heavy atom. The Kier molecular flexibility index (Phi) is 2.76. The maximum absolute atomic E-state index is 7.81. The number of nitrogens with two attached hydrogens (primary N) is 1. The van der Waals surface area contributed by atoms with Crippen molar-refractivity contribution in [2.45, 2.75) is 25.3 Å². The molecule has 1 atom stereocenters. The summed E-state index contributed by atoms with van der Waals surface area (Å²) in [5, 5.41) is 0. The summed E-state index contributed by atoms with van der Waals surface area (Å²) in [6.07, 6.45) is 2.29. The zero-order chi connectivity index (χ0) is 10.7. The van der Waals surface area contributed by atoms with Crippen LogP contribution in [0.5, 0.6) is 0 Å². The molecule has 2 nitrogen and oxygen atoms in total. The van der Waals surface area contributed by atoms with Gasteiger partial charge in [-0.15, -0.1) is 0 Å². The molecule has 2 rings (SSSR count). The summed E-state index contributed by atoms with van der Waals surface area (Å²) in [5.74, 6) is 0.467. The molecule has 76 valence electrons. The minimum absolute atomic E-state index is 0.445. The van der Waals surface area contributed by atoms with Crippen molar-refractivity contribution in [2.24, 2.45) is 5.73 Å². The fourth-order valence-corrected chi connectivity index (χ4v) is 1.85. The quantitative estimate of drug-likeness (QED) is 0.778. The molecule has 1 aliphatic heterocycles. The summed E-state index contributed by atoms with van der Waals surface area (Å²) in [6, 6.07) is 6.54. The molecule has 1 aromatic carbocycles. The Morgan fingerprint density at radius 3 is 3.07 bits per heavy atom. The summed E-state index contributed by atoms with van der Waals surface area (Å²) in [5.41, 5.74) is 7.67. The lowest BCUT2D eigenvalue weighted by Crippen LogP contribution is -2.15. The van der Waals surface area contributed by atoms with Crippen LogP contribution < -0.4 is 5.73 Å². The van der Waals surface area contributed by atoms with Gasteiger partial charge in [-0.1, -0.05) is 24.2 Å². The van der Waals surface area contributed by atoms with Crippen LogP contribution in [0.25, 0.3) is 0 Å². The zero-order valence-electron chi connectivity index (χ0n) is 9.33. The predicted octanol–water partition coefficient (Wildman–Crippen LogP) is 2.04. The Morgan fingerprint density at radius 2 is 2.43 bits per heavy atom. The second kappa shape index (κ2) is 4.58. The van der Waals surface area contributed by atoms with Crippen molar-refractivity contribution < 1.29 is 6.11 Å². The van der Waals surface area contributed by atoms with E-state index in [9.17, 15) is 0 Å². The van der Waals surface area contributed by atoms with E-state index in [-0.39, 0.29) is 0 Å². The number of benzene rings is 1. The lowest BCUT2D eigenvalue weighted by atomic mass is 9.93. The molecule has 1 fully saturated rings. The van der Waals surface area contributed by atoms with Crippen molar-refractivity contribution in [3.8, 4) is 0 Å². The molecule has 14 heavy (non-hydrogen) atoms. The van der Waals surface area contributed by atoms with Crippen molar-refractivity contribution in [3.63, 3.8) is 0 Å². The van der Waals surface area contributed by atoms with Gasteiger partial charge < -0.3 is 10.5 Å². The lowest BCUT2D eigenvalue weighted by molar-refractivity contribution is 0.0804. The largest absolute Gasteiger partial charge is 0.381 e. The molecule has 1 saturated heterocycles. The molecule has 2 heteroatoms. The average molecular weight is 192 g/mol. The van der Waals surface area contributed by atoms with Crippen molar-refractivity contribution in [1.29, 1.82) is 0 Å². The summed E-state index contributed by atoms with van der Waals surface area (Å²) in [7, 11) is 0. The zero-order valence-corrected chi connectivity index (χ0v) is 8.33. The van der Waals surface area contributed by atoms with Gasteiger partial charge in [0, 0.05) is 19.1 Å². The molecule has 0 saturated carbocycles. The Bertz CT molecular complexity index is 334. The first kappa shape index (κ1) is 8.45. The highest BCUT2D eigenvalue weighted by molar-refractivity contribution is 5.25.